The smallest absolute Gasteiger partial charge is 0.246 e. The lowest BCUT2D eigenvalue weighted by Crippen LogP contribution is -2.59. The number of carbonyl (C=O) groups excluding carboxylic acids is 4. The molecule has 0 radical (unpaired) electrons. The average Bonchev–Trinajstić information content (AvgIpc) is 3.45. The van der Waals surface area contributed by atoms with Crippen LogP contribution in [0, 0.1) is 17.8 Å². The van der Waals surface area contributed by atoms with Gasteiger partial charge >= 0.3 is 0 Å². The number of nitrogens with zero attached hydrogens (tertiary/aromatic N) is 2. The SMILES string of the molecule is Cc1ncsc1-c1ccc([C@H](C)NC(=O)[C@@H]2C[C@@H](O)CN2C(=O)[C@@H](NC(=O)C(C)(C)CC(N)=O)C(C)(C)C)cc1. The Kier molecular flexibility index (Phi) is 9.41. The van der Waals surface area contributed by atoms with Crippen LogP contribution in [0.5, 0.6) is 0 Å². The van der Waals surface area contributed by atoms with Gasteiger partial charge in [-0.15, -0.1) is 11.3 Å². The van der Waals surface area contributed by atoms with Crippen LogP contribution in [0.2, 0.25) is 0 Å². The van der Waals surface area contributed by atoms with E-state index in [4.69, 9.17) is 5.73 Å². The molecule has 40 heavy (non-hydrogen) atoms. The first-order valence-electron chi connectivity index (χ1n) is 13.4. The largest absolute Gasteiger partial charge is 0.391 e. The number of amides is 4. The Hall–Kier alpha value is -3.31. The number of carbonyl (C=O) groups is 4. The maximum Gasteiger partial charge on any atom is 0.246 e. The van der Waals surface area contributed by atoms with Crippen molar-refractivity contribution >= 4 is 35.0 Å². The van der Waals surface area contributed by atoms with Crippen LogP contribution in [-0.2, 0) is 19.2 Å². The number of hydrogen-bond acceptors (Lipinski definition) is 7. The first kappa shape index (κ1) is 31.2. The molecule has 1 aromatic heterocycles. The van der Waals surface area contributed by atoms with E-state index in [1.807, 2.05) is 43.6 Å². The molecule has 10 nitrogen and oxygen atoms in total. The summed E-state index contributed by atoms with van der Waals surface area (Å²) in [5.41, 5.74) is 8.19. The van der Waals surface area contributed by atoms with Crippen LogP contribution in [-0.4, -0.2) is 63.4 Å². The first-order valence-corrected chi connectivity index (χ1v) is 14.3. The van der Waals surface area contributed by atoms with Crippen molar-refractivity contribution in [1.82, 2.24) is 20.5 Å². The summed E-state index contributed by atoms with van der Waals surface area (Å²) in [7, 11) is 0. The molecule has 2 aromatic rings. The van der Waals surface area contributed by atoms with E-state index in [1.54, 1.807) is 46.0 Å². The topological polar surface area (TPSA) is 155 Å². The van der Waals surface area contributed by atoms with Gasteiger partial charge in [0.05, 0.1) is 33.6 Å². The second-order valence-corrected chi connectivity index (χ2v) is 13.2. The lowest BCUT2D eigenvalue weighted by Gasteiger charge is -2.37. The number of likely N-dealkylation sites (tertiary alicyclic amines) is 1. The minimum atomic E-state index is -1.12. The van der Waals surface area contributed by atoms with E-state index in [1.165, 1.54) is 4.90 Å². The summed E-state index contributed by atoms with van der Waals surface area (Å²) in [6, 6.07) is 5.65. The number of primary amides is 1. The van der Waals surface area contributed by atoms with Gasteiger partial charge in [-0.3, -0.25) is 19.2 Å². The lowest BCUT2D eigenvalue weighted by molar-refractivity contribution is -0.146. The molecular weight excluding hydrogens is 530 g/mol. The maximum absolute atomic E-state index is 13.8. The van der Waals surface area contributed by atoms with Crippen molar-refractivity contribution in [3.05, 3.63) is 41.0 Å². The van der Waals surface area contributed by atoms with Gasteiger partial charge in [-0.1, -0.05) is 58.9 Å². The van der Waals surface area contributed by atoms with Gasteiger partial charge in [0, 0.05) is 19.4 Å². The number of nitrogens with two attached hydrogens (primary N) is 1. The summed E-state index contributed by atoms with van der Waals surface area (Å²) in [6.45, 7) is 12.4. The van der Waals surface area contributed by atoms with Gasteiger partial charge < -0.3 is 26.4 Å². The van der Waals surface area contributed by atoms with Gasteiger partial charge in [0.1, 0.15) is 12.1 Å². The molecule has 1 aliphatic heterocycles. The van der Waals surface area contributed by atoms with Crippen LogP contribution in [0.1, 0.15) is 71.7 Å². The quantitative estimate of drug-likeness (QED) is 0.363. The molecule has 1 saturated heterocycles. The fraction of sp³-hybridized carbons (Fsp3) is 0.552. The zero-order valence-electron chi connectivity index (χ0n) is 24.3. The Morgan fingerprint density at radius 2 is 1.75 bits per heavy atom. The third kappa shape index (κ3) is 7.25. The van der Waals surface area contributed by atoms with Gasteiger partial charge in [-0.25, -0.2) is 4.98 Å². The van der Waals surface area contributed by atoms with E-state index >= 15 is 0 Å². The first-order chi connectivity index (χ1) is 18.5. The van der Waals surface area contributed by atoms with E-state index in [2.05, 4.69) is 15.6 Å². The summed E-state index contributed by atoms with van der Waals surface area (Å²) < 4.78 is 0. The number of nitrogens with one attached hydrogen (secondary N) is 2. The van der Waals surface area contributed by atoms with Crippen molar-refractivity contribution in [2.45, 2.75) is 85.5 Å². The third-order valence-corrected chi connectivity index (χ3v) is 8.24. The molecule has 2 heterocycles. The van der Waals surface area contributed by atoms with E-state index in [0.717, 1.165) is 21.7 Å². The highest BCUT2D eigenvalue weighted by molar-refractivity contribution is 7.13. The highest BCUT2D eigenvalue weighted by Gasteiger charge is 2.45. The molecular formula is C29H41N5O5S. The molecule has 3 rings (SSSR count). The fourth-order valence-corrected chi connectivity index (χ4v) is 5.67. The van der Waals surface area contributed by atoms with Gasteiger partial charge in [0.2, 0.25) is 23.6 Å². The van der Waals surface area contributed by atoms with Crippen LogP contribution in [0.25, 0.3) is 10.4 Å². The molecule has 4 amide bonds. The molecule has 218 valence electrons. The highest BCUT2D eigenvalue weighted by atomic mass is 32.1. The standard InChI is InChI=1S/C29H41N5O5S/c1-16(18-8-10-19(11-9-18)23-17(2)31-15-40-23)32-25(37)21-12-20(35)14-34(21)26(38)24(28(3,4)5)33-27(39)29(6,7)13-22(30)36/h8-11,15-16,20-21,24,35H,12-14H2,1-7H3,(H2,30,36)(H,32,37)(H,33,39)/t16-,20+,21-,24+/m0/s1. The number of β-amino-alcohol motifs (C(OH)–C–C–N with tert-alkyl or cyclic N) is 1. The summed E-state index contributed by atoms with van der Waals surface area (Å²) >= 11 is 1.57. The number of thiazole rings is 1. The molecule has 1 aromatic carbocycles. The van der Waals surface area contributed by atoms with Crippen LogP contribution in [0.3, 0.4) is 0 Å². The maximum atomic E-state index is 13.8. The van der Waals surface area contributed by atoms with Crippen LogP contribution in [0.4, 0.5) is 0 Å². The summed E-state index contributed by atoms with van der Waals surface area (Å²) in [5.74, 6) is -1.97. The predicted molar refractivity (Wildman–Crippen MR) is 154 cm³/mol. The van der Waals surface area contributed by atoms with E-state index in [9.17, 15) is 24.3 Å². The number of hydrogen-bond donors (Lipinski definition) is 4. The van der Waals surface area contributed by atoms with Crippen molar-refractivity contribution in [1.29, 1.82) is 0 Å². The van der Waals surface area contributed by atoms with Crippen molar-refractivity contribution in [3.8, 4) is 10.4 Å². The number of aryl methyl sites for hydroxylation is 1. The Morgan fingerprint density at radius 1 is 1.12 bits per heavy atom. The fourth-order valence-electron chi connectivity index (χ4n) is 4.86. The summed E-state index contributed by atoms with van der Waals surface area (Å²) in [4.78, 5) is 58.5. The van der Waals surface area contributed by atoms with Gasteiger partial charge in [0.15, 0.2) is 0 Å². The third-order valence-electron chi connectivity index (χ3n) is 7.26. The average molecular weight is 572 g/mol. The number of benzene rings is 1. The van der Waals surface area contributed by atoms with E-state index in [-0.39, 0.29) is 31.3 Å². The van der Waals surface area contributed by atoms with E-state index in [0.29, 0.717) is 0 Å². The molecule has 0 saturated carbocycles. The predicted octanol–water partition coefficient (Wildman–Crippen LogP) is 2.69. The molecule has 11 heteroatoms. The second-order valence-electron chi connectivity index (χ2n) is 12.3. The number of aromatic nitrogens is 1. The van der Waals surface area contributed by atoms with Crippen LogP contribution < -0.4 is 16.4 Å². The van der Waals surface area contributed by atoms with Crippen molar-refractivity contribution in [2.75, 3.05) is 6.54 Å². The van der Waals surface area contributed by atoms with Crippen molar-refractivity contribution in [3.63, 3.8) is 0 Å². The molecule has 1 aliphatic rings. The normalized spacial score (nSPS) is 19.1. The molecule has 5 N–H and O–H groups in total. The Bertz CT molecular complexity index is 1250. The minimum absolute atomic E-state index is 0.0265. The second kappa shape index (κ2) is 12.1. The van der Waals surface area contributed by atoms with Gasteiger partial charge in [-0.2, -0.15) is 0 Å². The lowest BCUT2D eigenvalue weighted by atomic mass is 9.83. The van der Waals surface area contributed by atoms with Gasteiger partial charge in [-0.05, 0) is 30.4 Å². The van der Waals surface area contributed by atoms with Crippen molar-refractivity contribution < 1.29 is 24.3 Å². The van der Waals surface area contributed by atoms with Crippen LogP contribution in [0.15, 0.2) is 29.8 Å². The number of aliphatic hydroxyl groups is 1. The molecule has 4 atom stereocenters. The Balaban J connectivity index is 1.75. The van der Waals surface area contributed by atoms with Crippen molar-refractivity contribution in [2.24, 2.45) is 16.6 Å². The van der Waals surface area contributed by atoms with Crippen LogP contribution >= 0.6 is 11.3 Å². The van der Waals surface area contributed by atoms with Gasteiger partial charge in [0.25, 0.3) is 0 Å². The molecule has 0 aliphatic carbocycles. The van der Waals surface area contributed by atoms with E-state index < -0.39 is 46.7 Å². The summed E-state index contributed by atoms with van der Waals surface area (Å²) in [5, 5.41) is 16.2. The zero-order valence-corrected chi connectivity index (χ0v) is 25.1. The number of aliphatic hydroxyl groups excluding tert-OH is 1. The Labute approximate surface area is 239 Å². The summed E-state index contributed by atoms with van der Waals surface area (Å²) in [6.07, 6.45) is -0.967. The molecule has 1 fully saturated rings. The molecule has 0 bridgehead atoms. The Morgan fingerprint density at radius 3 is 2.27 bits per heavy atom. The number of rotatable bonds is 9. The zero-order chi connectivity index (χ0) is 30.0. The monoisotopic (exact) mass is 571 g/mol. The molecule has 0 spiro atoms. The minimum Gasteiger partial charge on any atom is -0.391 e. The highest BCUT2D eigenvalue weighted by Crippen LogP contribution is 2.30. The molecule has 0 unspecified atom stereocenters.